The second kappa shape index (κ2) is 0.613. The van der Waals surface area contributed by atoms with E-state index in [2.05, 4.69) is 24.3 Å². The van der Waals surface area contributed by atoms with Crippen LogP contribution in [0.5, 0.6) is 0 Å². The summed E-state index contributed by atoms with van der Waals surface area (Å²) < 4.78 is 5.63. The fourth-order valence-corrected chi connectivity index (χ4v) is 2.73. The molecule has 1 heteroatoms. The van der Waals surface area contributed by atoms with Crippen LogP contribution in [0.1, 0.15) is 0 Å². The fourth-order valence-electron chi connectivity index (χ4n) is 2.73. The quantitative estimate of drug-likeness (QED) is 0.340. The normalized spacial score (nSPS) is 76.4. The zero-order chi connectivity index (χ0) is 5.69. The van der Waals surface area contributed by atoms with Crippen molar-refractivity contribution in [2.24, 2.45) is 11.8 Å². The van der Waals surface area contributed by atoms with Gasteiger partial charge in [-0.2, -0.15) is 0 Å². The molecule has 9 heavy (non-hydrogen) atoms. The van der Waals surface area contributed by atoms with Crippen molar-refractivity contribution in [3.8, 4) is 0 Å². The maximum atomic E-state index is 5.63. The van der Waals surface area contributed by atoms with Gasteiger partial charge in [0.05, 0.1) is 0 Å². The maximum absolute atomic E-state index is 5.63. The predicted molar refractivity (Wildman–Crippen MR) is 31.8 cm³/mol. The molecule has 0 aromatic heterocycles. The summed E-state index contributed by atoms with van der Waals surface area (Å²) in [6, 6.07) is 0. The summed E-state index contributed by atoms with van der Waals surface area (Å²) in [6.45, 7) is 0. The maximum Gasteiger partial charge on any atom is 0.135 e. The molecule has 44 valence electrons. The molecule has 2 fully saturated rings. The SMILES string of the molecule is C1=CC23C=CC4C1C42O3. The van der Waals surface area contributed by atoms with E-state index < -0.39 is 0 Å². The number of hydrogen-bond donors (Lipinski definition) is 0. The summed E-state index contributed by atoms with van der Waals surface area (Å²) >= 11 is 0. The van der Waals surface area contributed by atoms with E-state index in [0.717, 1.165) is 11.8 Å². The Morgan fingerprint density at radius 3 is 2.11 bits per heavy atom. The van der Waals surface area contributed by atoms with Crippen molar-refractivity contribution in [1.29, 1.82) is 0 Å². The van der Waals surface area contributed by atoms with Gasteiger partial charge in [-0.3, -0.25) is 0 Å². The Hall–Kier alpha value is -0.560. The molecule has 0 aromatic rings. The molecule has 1 saturated carbocycles. The monoisotopic (exact) mass is 118 g/mol. The number of epoxide rings is 1. The minimum Gasteiger partial charge on any atom is -0.352 e. The van der Waals surface area contributed by atoms with Crippen LogP contribution in [-0.2, 0) is 4.74 Å². The van der Waals surface area contributed by atoms with Crippen molar-refractivity contribution in [1.82, 2.24) is 0 Å². The van der Waals surface area contributed by atoms with Crippen molar-refractivity contribution >= 4 is 0 Å². The van der Waals surface area contributed by atoms with Gasteiger partial charge in [-0.05, 0) is 12.2 Å². The highest BCUT2D eigenvalue weighted by Gasteiger charge is 2.91. The lowest BCUT2D eigenvalue weighted by Crippen LogP contribution is -2.02. The molecule has 1 spiro atoms. The van der Waals surface area contributed by atoms with Gasteiger partial charge in [-0.1, -0.05) is 12.2 Å². The first-order chi connectivity index (χ1) is 4.39. The van der Waals surface area contributed by atoms with E-state index in [4.69, 9.17) is 4.74 Å². The lowest BCUT2D eigenvalue weighted by atomic mass is 10.1. The van der Waals surface area contributed by atoms with Gasteiger partial charge in [-0.25, -0.2) is 0 Å². The number of hydrogen-bond acceptors (Lipinski definition) is 1. The van der Waals surface area contributed by atoms with Crippen LogP contribution in [-0.4, -0.2) is 11.2 Å². The molecule has 0 bridgehead atoms. The largest absolute Gasteiger partial charge is 0.352 e. The molecule has 3 aliphatic carbocycles. The van der Waals surface area contributed by atoms with E-state index in [0.29, 0.717) is 5.60 Å². The van der Waals surface area contributed by atoms with E-state index in [-0.39, 0.29) is 5.60 Å². The van der Waals surface area contributed by atoms with Crippen LogP contribution in [0.25, 0.3) is 0 Å². The number of ether oxygens (including phenoxy) is 1. The molecule has 0 N–H and O–H groups in total. The summed E-state index contributed by atoms with van der Waals surface area (Å²) in [7, 11) is 0. The van der Waals surface area contributed by atoms with Crippen LogP contribution in [0.4, 0.5) is 0 Å². The first kappa shape index (κ1) is 3.57. The Balaban J connectivity index is 2.21. The molecule has 2 atom stereocenters. The molecular formula is C8H6O. The van der Waals surface area contributed by atoms with Crippen LogP contribution in [0.3, 0.4) is 0 Å². The zero-order valence-electron chi connectivity index (χ0n) is 4.87. The predicted octanol–water partition coefficient (Wildman–Crippen LogP) is 0.880. The van der Waals surface area contributed by atoms with Crippen molar-refractivity contribution in [2.75, 3.05) is 0 Å². The van der Waals surface area contributed by atoms with Crippen molar-refractivity contribution < 1.29 is 4.74 Å². The van der Waals surface area contributed by atoms with E-state index in [1.807, 2.05) is 0 Å². The summed E-state index contributed by atoms with van der Waals surface area (Å²) in [5, 5.41) is 0. The Morgan fingerprint density at radius 1 is 1.11 bits per heavy atom. The van der Waals surface area contributed by atoms with Gasteiger partial charge in [-0.15, -0.1) is 0 Å². The van der Waals surface area contributed by atoms with E-state index >= 15 is 0 Å². The molecular weight excluding hydrogens is 112 g/mol. The summed E-state index contributed by atoms with van der Waals surface area (Å²) in [4.78, 5) is 0. The molecule has 1 aliphatic heterocycles. The lowest BCUT2D eigenvalue weighted by Gasteiger charge is -1.89. The van der Waals surface area contributed by atoms with Crippen LogP contribution in [0.2, 0.25) is 0 Å². The van der Waals surface area contributed by atoms with Gasteiger partial charge in [0, 0.05) is 11.8 Å². The Labute approximate surface area is 53.0 Å². The Bertz CT molecular complexity index is 254. The van der Waals surface area contributed by atoms with E-state index in [9.17, 15) is 0 Å². The van der Waals surface area contributed by atoms with Crippen molar-refractivity contribution in [3.63, 3.8) is 0 Å². The summed E-state index contributed by atoms with van der Waals surface area (Å²) in [6.07, 6.45) is 9.07. The highest BCUT2D eigenvalue weighted by atomic mass is 16.6. The Kier molecular flexibility index (Phi) is 0.243. The smallest absolute Gasteiger partial charge is 0.135 e. The molecule has 4 aliphatic rings. The molecule has 4 rings (SSSR count). The third kappa shape index (κ3) is 0.149. The second-order valence-electron chi connectivity index (χ2n) is 3.46. The molecule has 1 heterocycles. The van der Waals surface area contributed by atoms with Crippen molar-refractivity contribution in [2.45, 2.75) is 11.2 Å². The highest BCUT2D eigenvalue weighted by molar-refractivity contribution is 5.60. The third-order valence-corrected chi connectivity index (χ3v) is 3.28. The zero-order valence-corrected chi connectivity index (χ0v) is 4.87. The van der Waals surface area contributed by atoms with Crippen LogP contribution in [0.15, 0.2) is 24.3 Å². The van der Waals surface area contributed by atoms with Gasteiger partial charge in [0.25, 0.3) is 0 Å². The molecule has 0 amide bonds. The summed E-state index contributed by atoms with van der Waals surface area (Å²) in [5.74, 6) is 1.53. The van der Waals surface area contributed by atoms with E-state index in [1.165, 1.54) is 0 Å². The highest BCUT2D eigenvalue weighted by Crippen LogP contribution is 2.81. The molecule has 1 saturated heterocycles. The van der Waals surface area contributed by atoms with Crippen LogP contribution < -0.4 is 0 Å². The van der Waals surface area contributed by atoms with Gasteiger partial charge < -0.3 is 4.74 Å². The number of fused-ring (bicyclic) bond motifs is 1. The number of rotatable bonds is 0. The standard InChI is InChI=1S/C8H6O/c1-3-7-4-2-6-5(1)8(6,7)9-7/h1-6H. The van der Waals surface area contributed by atoms with Crippen LogP contribution in [0, 0.1) is 11.8 Å². The Morgan fingerprint density at radius 2 is 1.78 bits per heavy atom. The van der Waals surface area contributed by atoms with Crippen LogP contribution >= 0.6 is 0 Å². The van der Waals surface area contributed by atoms with Crippen molar-refractivity contribution in [3.05, 3.63) is 24.3 Å². The van der Waals surface area contributed by atoms with Gasteiger partial charge in [0.15, 0.2) is 0 Å². The first-order valence-electron chi connectivity index (χ1n) is 3.48. The minimum absolute atomic E-state index is 0.127. The molecule has 0 aromatic carbocycles. The molecule has 2 unspecified atom stereocenters. The average molecular weight is 118 g/mol. The minimum atomic E-state index is 0.127. The summed E-state index contributed by atoms with van der Waals surface area (Å²) in [5.41, 5.74) is 0.440. The van der Waals surface area contributed by atoms with Gasteiger partial charge in [0.2, 0.25) is 0 Å². The first-order valence-corrected chi connectivity index (χ1v) is 3.48. The lowest BCUT2D eigenvalue weighted by molar-refractivity contribution is 0.332. The van der Waals surface area contributed by atoms with Gasteiger partial charge >= 0.3 is 0 Å². The second-order valence-corrected chi connectivity index (χ2v) is 3.46. The molecule has 0 radical (unpaired) electrons. The molecule has 1 nitrogen and oxygen atoms in total. The average Bonchev–Trinajstić information content (AvgIpc) is 2.67. The van der Waals surface area contributed by atoms with E-state index in [1.54, 1.807) is 0 Å². The third-order valence-electron chi connectivity index (χ3n) is 3.28. The fraction of sp³-hybridized carbons (Fsp3) is 0.500. The topological polar surface area (TPSA) is 12.5 Å². The van der Waals surface area contributed by atoms with Gasteiger partial charge in [0.1, 0.15) is 11.2 Å².